The fourth-order valence-corrected chi connectivity index (χ4v) is 3.02. The summed E-state index contributed by atoms with van der Waals surface area (Å²) in [5.41, 5.74) is 2.18. The van der Waals surface area contributed by atoms with E-state index in [-0.39, 0.29) is 0 Å². The molecule has 0 bridgehead atoms. The van der Waals surface area contributed by atoms with Gasteiger partial charge in [0, 0.05) is 31.4 Å². The highest BCUT2D eigenvalue weighted by Crippen LogP contribution is 2.20. The lowest BCUT2D eigenvalue weighted by Crippen LogP contribution is -2.25. The van der Waals surface area contributed by atoms with E-state index in [1.807, 2.05) is 19.1 Å². The molecule has 128 valence electrons. The average Bonchev–Trinajstić information content (AvgIpc) is 2.89. The van der Waals surface area contributed by atoms with E-state index in [0.29, 0.717) is 12.5 Å². The van der Waals surface area contributed by atoms with E-state index in [4.69, 9.17) is 9.72 Å². The summed E-state index contributed by atoms with van der Waals surface area (Å²) in [6, 6.07) is 10.1. The summed E-state index contributed by atoms with van der Waals surface area (Å²) in [5, 5.41) is 3.34. The molecule has 0 unspecified atom stereocenters. The Morgan fingerprint density at radius 2 is 1.75 bits per heavy atom. The van der Waals surface area contributed by atoms with Crippen LogP contribution in [0.4, 0.5) is 11.8 Å². The first kappa shape index (κ1) is 16.6. The van der Waals surface area contributed by atoms with Gasteiger partial charge in [0.15, 0.2) is 0 Å². The third-order valence-electron chi connectivity index (χ3n) is 4.38. The quantitative estimate of drug-likeness (QED) is 0.906. The molecule has 0 amide bonds. The van der Waals surface area contributed by atoms with Gasteiger partial charge in [0.2, 0.25) is 5.95 Å². The van der Waals surface area contributed by atoms with Crippen molar-refractivity contribution < 1.29 is 4.74 Å². The third-order valence-corrected chi connectivity index (χ3v) is 4.38. The number of ether oxygens (including phenoxy) is 1. The molecule has 1 aliphatic rings. The van der Waals surface area contributed by atoms with Crippen molar-refractivity contribution in [3.8, 4) is 5.75 Å². The summed E-state index contributed by atoms with van der Waals surface area (Å²) in [6.45, 7) is 4.91. The molecule has 0 radical (unpaired) electrons. The molecule has 2 heterocycles. The molecule has 3 rings (SSSR count). The van der Waals surface area contributed by atoms with Crippen molar-refractivity contribution in [2.75, 3.05) is 30.4 Å². The van der Waals surface area contributed by atoms with Crippen LogP contribution in [0, 0.1) is 6.92 Å². The highest BCUT2D eigenvalue weighted by Gasteiger charge is 2.13. The zero-order valence-corrected chi connectivity index (χ0v) is 14.6. The molecular weight excluding hydrogens is 300 g/mol. The van der Waals surface area contributed by atoms with E-state index in [9.17, 15) is 0 Å². The molecule has 0 atom stereocenters. The Morgan fingerprint density at radius 1 is 1.04 bits per heavy atom. The number of hydrogen-bond acceptors (Lipinski definition) is 5. The first-order chi connectivity index (χ1) is 11.7. The van der Waals surface area contributed by atoms with Gasteiger partial charge in [-0.25, -0.2) is 4.98 Å². The van der Waals surface area contributed by atoms with Crippen molar-refractivity contribution in [2.24, 2.45) is 0 Å². The van der Waals surface area contributed by atoms with Crippen molar-refractivity contribution in [1.82, 2.24) is 9.97 Å². The van der Waals surface area contributed by atoms with Gasteiger partial charge in [-0.15, -0.1) is 0 Å². The minimum atomic E-state index is 0.699. The van der Waals surface area contributed by atoms with Crippen molar-refractivity contribution >= 4 is 11.8 Å². The molecule has 5 heteroatoms. The number of hydrogen-bond donors (Lipinski definition) is 1. The Bertz CT molecular complexity index is 649. The monoisotopic (exact) mass is 326 g/mol. The van der Waals surface area contributed by atoms with Gasteiger partial charge in [-0.1, -0.05) is 25.0 Å². The van der Waals surface area contributed by atoms with Crippen LogP contribution in [0.25, 0.3) is 0 Å². The highest BCUT2D eigenvalue weighted by atomic mass is 16.5. The van der Waals surface area contributed by atoms with Gasteiger partial charge >= 0.3 is 0 Å². The van der Waals surface area contributed by atoms with Crippen LogP contribution in [0.5, 0.6) is 5.75 Å². The predicted octanol–water partition coefficient (Wildman–Crippen LogP) is 3.79. The molecule has 24 heavy (non-hydrogen) atoms. The average molecular weight is 326 g/mol. The normalized spacial score (nSPS) is 15.0. The molecule has 0 aliphatic carbocycles. The molecular formula is C19H26N4O. The van der Waals surface area contributed by atoms with Crippen LogP contribution in [-0.4, -0.2) is 30.2 Å². The first-order valence-electron chi connectivity index (χ1n) is 8.72. The van der Waals surface area contributed by atoms with E-state index in [1.165, 1.54) is 31.2 Å². The predicted molar refractivity (Wildman–Crippen MR) is 97.8 cm³/mol. The largest absolute Gasteiger partial charge is 0.497 e. The first-order valence-corrected chi connectivity index (χ1v) is 8.72. The Kier molecular flexibility index (Phi) is 5.51. The number of aryl methyl sites for hydroxylation is 1. The van der Waals surface area contributed by atoms with Gasteiger partial charge in [0.1, 0.15) is 11.6 Å². The molecule has 1 aromatic heterocycles. The lowest BCUT2D eigenvalue weighted by atomic mass is 10.2. The molecule has 0 spiro atoms. The standard InChI is InChI=1S/C19H26N4O/c1-15-13-18(23-11-5-3-4-6-12-23)22-19(21-15)20-14-16-7-9-17(24-2)10-8-16/h7-10,13H,3-6,11-12,14H2,1-2H3,(H,20,21,22). The highest BCUT2D eigenvalue weighted by molar-refractivity contribution is 5.45. The van der Waals surface area contributed by atoms with E-state index in [2.05, 4.69) is 33.4 Å². The minimum Gasteiger partial charge on any atom is -0.497 e. The molecule has 1 aromatic carbocycles. The maximum atomic E-state index is 5.19. The van der Waals surface area contributed by atoms with Gasteiger partial charge < -0.3 is 15.0 Å². The molecule has 1 N–H and O–H groups in total. The summed E-state index contributed by atoms with van der Waals surface area (Å²) < 4.78 is 5.19. The number of nitrogens with zero attached hydrogens (tertiary/aromatic N) is 3. The summed E-state index contributed by atoms with van der Waals surface area (Å²) >= 11 is 0. The second-order valence-electron chi connectivity index (χ2n) is 6.29. The van der Waals surface area contributed by atoms with E-state index >= 15 is 0 Å². The van der Waals surface area contributed by atoms with E-state index in [1.54, 1.807) is 7.11 Å². The second kappa shape index (κ2) is 7.99. The number of aromatic nitrogens is 2. The van der Waals surface area contributed by atoms with Crippen molar-refractivity contribution in [3.05, 3.63) is 41.6 Å². The second-order valence-corrected chi connectivity index (χ2v) is 6.29. The lowest BCUT2D eigenvalue weighted by Gasteiger charge is -2.22. The van der Waals surface area contributed by atoms with Gasteiger partial charge in [0.25, 0.3) is 0 Å². The smallest absolute Gasteiger partial charge is 0.225 e. The van der Waals surface area contributed by atoms with Crippen LogP contribution in [-0.2, 0) is 6.54 Å². The van der Waals surface area contributed by atoms with Crippen molar-refractivity contribution in [1.29, 1.82) is 0 Å². The van der Waals surface area contributed by atoms with Crippen LogP contribution in [0.3, 0.4) is 0 Å². The molecule has 1 saturated heterocycles. The molecule has 2 aromatic rings. The van der Waals surface area contributed by atoms with Crippen molar-refractivity contribution in [3.63, 3.8) is 0 Å². The molecule has 1 fully saturated rings. The zero-order chi connectivity index (χ0) is 16.8. The Labute approximate surface area is 144 Å². The van der Waals surface area contributed by atoms with Crippen LogP contribution >= 0.6 is 0 Å². The minimum absolute atomic E-state index is 0.699. The number of benzene rings is 1. The molecule has 1 aliphatic heterocycles. The summed E-state index contributed by atoms with van der Waals surface area (Å²) in [5.74, 6) is 2.61. The van der Waals surface area contributed by atoms with Crippen LogP contribution in [0.15, 0.2) is 30.3 Å². The lowest BCUT2D eigenvalue weighted by molar-refractivity contribution is 0.414. The fraction of sp³-hybridized carbons (Fsp3) is 0.474. The van der Waals surface area contributed by atoms with Gasteiger partial charge in [-0.2, -0.15) is 4.98 Å². The summed E-state index contributed by atoms with van der Waals surface area (Å²) in [6.07, 6.45) is 5.14. The van der Waals surface area contributed by atoms with Gasteiger partial charge in [-0.3, -0.25) is 0 Å². The van der Waals surface area contributed by atoms with E-state index in [0.717, 1.165) is 30.4 Å². The number of anilines is 2. The maximum Gasteiger partial charge on any atom is 0.225 e. The fourth-order valence-electron chi connectivity index (χ4n) is 3.02. The topological polar surface area (TPSA) is 50.3 Å². The van der Waals surface area contributed by atoms with Gasteiger partial charge in [-0.05, 0) is 37.5 Å². The Balaban J connectivity index is 1.68. The number of rotatable bonds is 5. The molecule has 5 nitrogen and oxygen atoms in total. The van der Waals surface area contributed by atoms with Crippen molar-refractivity contribution in [2.45, 2.75) is 39.2 Å². The SMILES string of the molecule is COc1ccc(CNc2nc(C)cc(N3CCCCCC3)n2)cc1. The number of methoxy groups -OCH3 is 1. The number of nitrogens with one attached hydrogen (secondary N) is 1. The summed E-state index contributed by atoms with van der Waals surface area (Å²) in [7, 11) is 1.68. The Hall–Kier alpha value is -2.30. The third kappa shape index (κ3) is 4.37. The van der Waals surface area contributed by atoms with Crippen LogP contribution in [0.2, 0.25) is 0 Å². The van der Waals surface area contributed by atoms with Gasteiger partial charge in [0.05, 0.1) is 7.11 Å². The van der Waals surface area contributed by atoms with Crippen LogP contribution < -0.4 is 15.0 Å². The summed E-state index contributed by atoms with van der Waals surface area (Å²) in [4.78, 5) is 11.6. The zero-order valence-electron chi connectivity index (χ0n) is 14.6. The Morgan fingerprint density at radius 3 is 2.42 bits per heavy atom. The molecule has 0 saturated carbocycles. The maximum absolute atomic E-state index is 5.19. The van der Waals surface area contributed by atoms with Crippen LogP contribution in [0.1, 0.15) is 36.9 Å². The van der Waals surface area contributed by atoms with E-state index < -0.39 is 0 Å².